The van der Waals surface area contributed by atoms with Gasteiger partial charge in [-0.2, -0.15) is 0 Å². The fraction of sp³-hybridized carbons (Fsp3) is 0.333. The van der Waals surface area contributed by atoms with Crippen LogP contribution in [0, 0.1) is 5.82 Å². The molecule has 0 aliphatic carbocycles. The van der Waals surface area contributed by atoms with Gasteiger partial charge < -0.3 is 19.2 Å². The standard InChI is InChI=1S/C24H26FN3O4/c1-3-16(2)26-24(29)20-14-30-23(27-20)13-28(11-17-5-4-6-19(25)9-17)12-18-7-8-21-22(10-18)32-15-31-21/h4-10,14,16H,3,11-13,15H2,1-2H3,(H,26,29)/t16-/m0/s1. The highest BCUT2D eigenvalue weighted by atomic mass is 19.1. The van der Waals surface area contributed by atoms with E-state index in [1.54, 1.807) is 6.07 Å². The van der Waals surface area contributed by atoms with E-state index >= 15 is 0 Å². The Balaban J connectivity index is 1.51. The lowest BCUT2D eigenvalue weighted by Crippen LogP contribution is -2.32. The van der Waals surface area contributed by atoms with E-state index in [9.17, 15) is 9.18 Å². The minimum atomic E-state index is -0.286. The van der Waals surface area contributed by atoms with Crippen LogP contribution in [0.3, 0.4) is 0 Å². The summed E-state index contributed by atoms with van der Waals surface area (Å²) in [5.74, 6) is 1.28. The normalized spacial score (nSPS) is 13.4. The Kier molecular flexibility index (Phi) is 6.70. The largest absolute Gasteiger partial charge is 0.454 e. The smallest absolute Gasteiger partial charge is 0.273 e. The van der Waals surface area contributed by atoms with Crippen molar-refractivity contribution in [3.63, 3.8) is 0 Å². The number of carbonyl (C=O) groups excluding carboxylic acids is 1. The number of rotatable bonds is 9. The number of oxazole rings is 1. The van der Waals surface area contributed by atoms with E-state index in [0.29, 0.717) is 31.3 Å². The van der Waals surface area contributed by atoms with Crippen molar-refractivity contribution in [2.45, 2.75) is 45.9 Å². The Bertz CT molecular complexity index is 1080. The molecule has 8 heteroatoms. The maximum Gasteiger partial charge on any atom is 0.273 e. The molecule has 1 aromatic heterocycles. The number of carbonyl (C=O) groups is 1. The second-order valence-corrected chi connectivity index (χ2v) is 7.87. The lowest BCUT2D eigenvalue weighted by Gasteiger charge is -2.21. The van der Waals surface area contributed by atoms with E-state index in [1.807, 2.05) is 38.1 Å². The Morgan fingerprint density at radius 3 is 2.69 bits per heavy atom. The number of benzene rings is 2. The quantitative estimate of drug-likeness (QED) is 0.537. The van der Waals surface area contributed by atoms with E-state index in [4.69, 9.17) is 13.9 Å². The summed E-state index contributed by atoms with van der Waals surface area (Å²) < 4.78 is 30.2. The molecule has 1 aliphatic heterocycles. The van der Waals surface area contributed by atoms with Gasteiger partial charge in [-0.25, -0.2) is 9.37 Å². The van der Waals surface area contributed by atoms with Crippen LogP contribution in [-0.2, 0) is 19.6 Å². The molecule has 1 amide bonds. The third-order valence-corrected chi connectivity index (χ3v) is 5.27. The van der Waals surface area contributed by atoms with Crippen LogP contribution in [0.4, 0.5) is 4.39 Å². The molecule has 7 nitrogen and oxygen atoms in total. The van der Waals surface area contributed by atoms with Crippen LogP contribution in [0.5, 0.6) is 11.5 Å². The van der Waals surface area contributed by atoms with Gasteiger partial charge in [0.15, 0.2) is 17.2 Å². The summed E-state index contributed by atoms with van der Waals surface area (Å²) in [5, 5.41) is 2.88. The van der Waals surface area contributed by atoms with E-state index in [2.05, 4.69) is 15.2 Å². The maximum absolute atomic E-state index is 13.7. The summed E-state index contributed by atoms with van der Waals surface area (Å²) in [6.45, 7) is 5.52. The van der Waals surface area contributed by atoms with Crippen LogP contribution in [0.15, 0.2) is 53.1 Å². The zero-order chi connectivity index (χ0) is 22.5. The van der Waals surface area contributed by atoms with Gasteiger partial charge in [-0.3, -0.25) is 9.69 Å². The predicted molar refractivity (Wildman–Crippen MR) is 116 cm³/mol. The molecule has 0 radical (unpaired) electrons. The molecule has 32 heavy (non-hydrogen) atoms. The molecule has 0 saturated carbocycles. The van der Waals surface area contributed by atoms with Gasteiger partial charge in [-0.1, -0.05) is 25.1 Å². The first-order chi connectivity index (χ1) is 15.5. The number of fused-ring (bicyclic) bond motifs is 1. The van der Waals surface area contributed by atoms with Crippen LogP contribution >= 0.6 is 0 Å². The number of aromatic nitrogens is 1. The highest BCUT2D eigenvalue weighted by Gasteiger charge is 2.19. The summed E-state index contributed by atoms with van der Waals surface area (Å²) in [6, 6.07) is 12.3. The van der Waals surface area contributed by atoms with Crippen molar-refractivity contribution in [3.8, 4) is 11.5 Å². The first kappa shape index (κ1) is 21.8. The third kappa shape index (κ3) is 5.45. The van der Waals surface area contributed by atoms with Gasteiger partial charge in [0, 0.05) is 19.1 Å². The molecular formula is C24H26FN3O4. The number of hydrogen-bond donors (Lipinski definition) is 1. The second kappa shape index (κ2) is 9.82. The number of ether oxygens (including phenoxy) is 2. The van der Waals surface area contributed by atoms with Gasteiger partial charge in [-0.15, -0.1) is 0 Å². The first-order valence-corrected chi connectivity index (χ1v) is 10.6. The van der Waals surface area contributed by atoms with Crippen LogP contribution in [0.1, 0.15) is 47.8 Å². The van der Waals surface area contributed by atoms with Crippen molar-refractivity contribution in [1.29, 1.82) is 0 Å². The van der Waals surface area contributed by atoms with E-state index in [0.717, 1.165) is 23.3 Å². The van der Waals surface area contributed by atoms with Crippen LogP contribution in [0.2, 0.25) is 0 Å². The molecule has 0 spiro atoms. The third-order valence-electron chi connectivity index (χ3n) is 5.27. The number of hydrogen-bond acceptors (Lipinski definition) is 6. The Labute approximate surface area is 186 Å². The number of amides is 1. The monoisotopic (exact) mass is 439 g/mol. The zero-order valence-electron chi connectivity index (χ0n) is 18.1. The number of nitrogens with zero attached hydrogens (tertiary/aromatic N) is 2. The van der Waals surface area contributed by atoms with Crippen molar-refractivity contribution in [3.05, 3.63) is 77.3 Å². The van der Waals surface area contributed by atoms with E-state index in [1.165, 1.54) is 18.4 Å². The van der Waals surface area contributed by atoms with Gasteiger partial charge in [-0.05, 0) is 48.7 Å². The molecule has 0 unspecified atom stereocenters. The molecule has 168 valence electrons. The molecule has 0 saturated heterocycles. The van der Waals surface area contributed by atoms with Gasteiger partial charge in [0.1, 0.15) is 12.1 Å². The predicted octanol–water partition coefficient (Wildman–Crippen LogP) is 4.27. The lowest BCUT2D eigenvalue weighted by atomic mass is 10.1. The Hall–Kier alpha value is -3.39. The summed E-state index contributed by atoms with van der Waals surface area (Å²) >= 11 is 0. The average molecular weight is 439 g/mol. The molecule has 0 bridgehead atoms. The number of halogens is 1. The Morgan fingerprint density at radius 1 is 1.12 bits per heavy atom. The van der Waals surface area contributed by atoms with Crippen molar-refractivity contribution >= 4 is 5.91 Å². The lowest BCUT2D eigenvalue weighted by molar-refractivity contribution is 0.0934. The van der Waals surface area contributed by atoms with Crippen LogP contribution < -0.4 is 14.8 Å². The summed E-state index contributed by atoms with van der Waals surface area (Å²) in [4.78, 5) is 18.7. The molecule has 2 heterocycles. The average Bonchev–Trinajstić information content (AvgIpc) is 3.42. The summed E-state index contributed by atoms with van der Waals surface area (Å²) in [5.41, 5.74) is 2.08. The number of nitrogens with one attached hydrogen (secondary N) is 1. The maximum atomic E-state index is 13.7. The van der Waals surface area contributed by atoms with Gasteiger partial charge >= 0.3 is 0 Å². The molecule has 1 aliphatic rings. The van der Waals surface area contributed by atoms with Gasteiger partial charge in [0.2, 0.25) is 12.7 Å². The van der Waals surface area contributed by atoms with Crippen molar-refractivity contribution in [1.82, 2.24) is 15.2 Å². The fourth-order valence-corrected chi connectivity index (χ4v) is 3.44. The topological polar surface area (TPSA) is 76.8 Å². The molecule has 1 atom stereocenters. The zero-order valence-corrected chi connectivity index (χ0v) is 18.1. The fourth-order valence-electron chi connectivity index (χ4n) is 3.44. The molecule has 0 fully saturated rings. The first-order valence-electron chi connectivity index (χ1n) is 10.6. The van der Waals surface area contributed by atoms with Gasteiger partial charge in [0.05, 0.1) is 6.54 Å². The van der Waals surface area contributed by atoms with Gasteiger partial charge in [0.25, 0.3) is 5.91 Å². The van der Waals surface area contributed by atoms with Crippen LogP contribution in [-0.4, -0.2) is 28.6 Å². The molecule has 3 aromatic rings. The Morgan fingerprint density at radius 2 is 1.91 bits per heavy atom. The molecule has 1 N–H and O–H groups in total. The van der Waals surface area contributed by atoms with E-state index < -0.39 is 0 Å². The van der Waals surface area contributed by atoms with Crippen molar-refractivity contribution in [2.24, 2.45) is 0 Å². The SMILES string of the molecule is CC[C@H](C)NC(=O)c1coc(CN(Cc2cccc(F)c2)Cc2ccc3c(c2)OCO3)n1. The highest BCUT2D eigenvalue weighted by Crippen LogP contribution is 2.33. The molecule has 2 aromatic carbocycles. The summed E-state index contributed by atoms with van der Waals surface area (Å²) in [6.07, 6.45) is 2.20. The minimum Gasteiger partial charge on any atom is -0.454 e. The highest BCUT2D eigenvalue weighted by molar-refractivity contribution is 5.92. The molecule has 4 rings (SSSR count). The second-order valence-electron chi connectivity index (χ2n) is 7.87. The summed E-state index contributed by atoms with van der Waals surface area (Å²) in [7, 11) is 0. The molecular weight excluding hydrogens is 413 g/mol. The van der Waals surface area contributed by atoms with E-state index in [-0.39, 0.29) is 30.3 Å². The van der Waals surface area contributed by atoms with Crippen LogP contribution in [0.25, 0.3) is 0 Å². The van der Waals surface area contributed by atoms with Crippen molar-refractivity contribution in [2.75, 3.05) is 6.79 Å². The minimum absolute atomic E-state index is 0.0538. The van der Waals surface area contributed by atoms with Crippen molar-refractivity contribution < 1.29 is 23.1 Å².